The molecule has 0 aromatic heterocycles. The van der Waals surface area contributed by atoms with Crippen LogP contribution in [-0.4, -0.2) is 18.8 Å². The highest BCUT2D eigenvalue weighted by Crippen LogP contribution is 2.37. The van der Waals surface area contributed by atoms with Crippen molar-refractivity contribution in [2.45, 2.75) is 5.25 Å². The van der Waals surface area contributed by atoms with Gasteiger partial charge in [-0.1, -0.05) is 48.0 Å². The summed E-state index contributed by atoms with van der Waals surface area (Å²) in [4.78, 5) is 11.4. The Bertz CT molecular complexity index is 619. The molecule has 21 heavy (non-hydrogen) atoms. The van der Waals surface area contributed by atoms with Crippen molar-refractivity contribution in [2.75, 3.05) is 18.6 Å². The first-order chi connectivity index (χ1) is 10.1. The van der Waals surface area contributed by atoms with E-state index in [9.17, 15) is 4.79 Å². The van der Waals surface area contributed by atoms with Crippen molar-refractivity contribution in [3.63, 3.8) is 0 Å². The van der Waals surface area contributed by atoms with Crippen molar-refractivity contribution in [1.82, 2.24) is 0 Å². The number of halogens is 1. The normalized spacial score (nSPS) is 11.9. The summed E-state index contributed by atoms with van der Waals surface area (Å²) in [5.74, 6) is 0.0290. The minimum Gasteiger partial charge on any atom is -0.468 e. The van der Waals surface area contributed by atoms with Gasteiger partial charge in [-0.2, -0.15) is 0 Å². The molecule has 0 fully saturated rings. The maximum absolute atomic E-state index is 11.4. The molecule has 2 aromatic rings. The third-order valence-electron chi connectivity index (χ3n) is 3.02. The van der Waals surface area contributed by atoms with Crippen LogP contribution >= 0.6 is 23.4 Å². The van der Waals surface area contributed by atoms with Gasteiger partial charge in [0, 0.05) is 0 Å². The minimum atomic E-state index is -0.247. The Hall–Kier alpha value is -1.65. The van der Waals surface area contributed by atoms with E-state index in [-0.39, 0.29) is 17.0 Å². The molecule has 0 saturated heterocycles. The summed E-state index contributed by atoms with van der Waals surface area (Å²) < 4.78 is 4.71. The molecule has 2 aromatic carbocycles. The van der Waals surface area contributed by atoms with E-state index in [1.807, 2.05) is 42.5 Å². The van der Waals surface area contributed by atoms with Gasteiger partial charge in [0.15, 0.2) is 0 Å². The first-order valence-electron chi connectivity index (χ1n) is 6.40. The van der Waals surface area contributed by atoms with E-state index in [0.29, 0.717) is 10.7 Å². The number of nitrogens with two attached hydrogens (primary N) is 1. The number of esters is 1. The van der Waals surface area contributed by atoms with Crippen LogP contribution in [0, 0.1) is 0 Å². The summed E-state index contributed by atoms with van der Waals surface area (Å²) in [6, 6.07) is 15.5. The van der Waals surface area contributed by atoms with E-state index < -0.39 is 0 Å². The number of carbonyl (C=O) groups is 1. The third-order valence-corrected chi connectivity index (χ3v) is 4.64. The van der Waals surface area contributed by atoms with Crippen molar-refractivity contribution in [3.05, 3.63) is 64.7 Å². The van der Waals surface area contributed by atoms with Crippen molar-refractivity contribution in [1.29, 1.82) is 0 Å². The molecule has 5 heteroatoms. The van der Waals surface area contributed by atoms with Crippen LogP contribution in [0.1, 0.15) is 16.4 Å². The Morgan fingerprint density at radius 3 is 2.57 bits per heavy atom. The summed E-state index contributed by atoms with van der Waals surface area (Å²) in [6.45, 7) is 0. The molecule has 0 aliphatic carbocycles. The second-order valence-electron chi connectivity index (χ2n) is 4.46. The Kier molecular flexibility index (Phi) is 5.53. The predicted molar refractivity (Wildman–Crippen MR) is 88.6 cm³/mol. The highest BCUT2D eigenvalue weighted by Gasteiger charge is 2.17. The zero-order valence-electron chi connectivity index (χ0n) is 11.6. The van der Waals surface area contributed by atoms with Crippen LogP contribution in [0.15, 0.2) is 48.5 Å². The number of ether oxygens (including phenoxy) is 1. The highest BCUT2D eigenvalue weighted by atomic mass is 35.5. The summed E-state index contributed by atoms with van der Waals surface area (Å²) in [5, 5.41) is 0.536. The van der Waals surface area contributed by atoms with E-state index in [0.717, 1.165) is 11.1 Å². The zero-order chi connectivity index (χ0) is 15.2. The molecule has 0 aliphatic rings. The molecule has 0 saturated carbocycles. The van der Waals surface area contributed by atoms with Crippen LogP contribution in [0.5, 0.6) is 0 Å². The minimum absolute atomic E-state index is 0.00451. The molecule has 0 heterocycles. The van der Waals surface area contributed by atoms with Gasteiger partial charge in [0.2, 0.25) is 0 Å². The fraction of sp³-hybridized carbons (Fsp3) is 0.188. The molecule has 110 valence electrons. The predicted octanol–water partition coefficient (Wildman–Crippen LogP) is 3.92. The van der Waals surface area contributed by atoms with Gasteiger partial charge in [0.25, 0.3) is 0 Å². The molecular weight excluding hydrogens is 306 g/mol. The van der Waals surface area contributed by atoms with Gasteiger partial charge in [0.05, 0.1) is 28.8 Å². The van der Waals surface area contributed by atoms with Crippen LogP contribution in [0.2, 0.25) is 5.02 Å². The fourth-order valence-corrected chi connectivity index (χ4v) is 3.18. The van der Waals surface area contributed by atoms with Crippen LogP contribution in [0.4, 0.5) is 5.69 Å². The first kappa shape index (κ1) is 15.7. The van der Waals surface area contributed by atoms with Crippen molar-refractivity contribution >= 4 is 35.0 Å². The smallest absolute Gasteiger partial charge is 0.315 e. The van der Waals surface area contributed by atoms with Gasteiger partial charge in [0.1, 0.15) is 0 Å². The van der Waals surface area contributed by atoms with Crippen molar-refractivity contribution in [3.8, 4) is 0 Å². The first-order valence-corrected chi connectivity index (χ1v) is 7.82. The lowest BCUT2D eigenvalue weighted by Gasteiger charge is -2.18. The largest absolute Gasteiger partial charge is 0.468 e. The molecule has 2 rings (SSSR count). The number of anilines is 1. The monoisotopic (exact) mass is 321 g/mol. The van der Waals surface area contributed by atoms with Gasteiger partial charge in [-0.3, -0.25) is 4.79 Å². The lowest BCUT2D eigenvalue weighted by molar-refractivity contribution is -0.137. The molecular formula is C16H16ClNO2S. The third kappa shape index (κ3) is 4.16. The van der Waals surface area contributed by atoms with E-state index in [1.165, 1.54) is 18.9 Å². The van der Waals surface area contributed by atoms with Gasteiger partial charge >= 0.3 is 5.97 Å². The molecule has 0 bridgehead atoms. The van der Waals surface area contributed by atoms with E-state index >= 15 is 0 Å². The molecule has 0 amide bonds. The van der Waals surface area contributed by atoms with Crippen LogP contribution in [-0.2, 0) is 9.53 Å². The van der Waals surface area contributed by atoms with Crippen molar-refractivity contribution < 1.29 is 9.53 Å². The van der Waals surface area contributed by atoms with Gasteiger partial charge in [-0.05, 0) is 23.3 Å². The Morgan fingerprint density at radius 2 is 1.95 bits per heavy atom. The van der Waals surface area contributed by atoms with Crippen LogP contribution < -0.4 is 5.73 Å². The second-order valence-corrected chi connectivity index (χ2v) is 5.96. The molecule has 1 unspecified atom stereocenters. The maximum Gasteiger partial charge on any atom is 0.315 e. The van der Waals surface area contributed by atoms with Crippen molar-refractivity contribution in [2.24, 2.45) is 0 Å². The number of hydrogen-bond acceptors (Lipinski definition) is 4. The lowest BCUT2D eigenvalue weighted by Crippen LogP contribution is -2.07. The second kappa shape index (κ2) is 7.38. The zero-order valence-corrected chi connectivity index (χ0v) is 13.2. The molecule has 0 radical (unpaired) electrons. The van der Waals surface area contributed by atoms with Gasteiger partial charge < -0.3 is 10.5 Å². The number of thioether (sulfide) groups is 1. The standard InChI is InChI=1S/C16H16ClNO2S/c1-20-15(19)10-21-16(11-5-3-2-4-6-11)12-7-8-13(17)14(18)9-12/h2-9,16H,10,18H2,1H3. The fourth-order valence-electron chi connectivity index (χ4n) is 1.95. The molecule has 2 N–H and O–H groups in total. The number of benzene rings is 2. The van der Waals surface area contributed by atoms with E-state index in [1.54, 1.807) is 6.07 Å². The molecule has 0 spiro atoms. The van der Waals surface area contributed by atoms with E-state index in [4.69, 9.17) is 22.1 Å². The molecule has 0 aliphatic heterocycles. The average Bonchev–Trinajstić information content (AvgIpc) is 2.51. The Balaban J connectivity index is 2.31. The summed E-state index contributed by atoms with van der Waals surface area (Å²) in [6.07, 6.45) is 0. The van der Waals surface area contributed by atoms with Crippen LogP contribution in [0.3, 0.4) is 0 Å². The highest BCUT2D eigenvalue weighted by molar-refractivity contribution is 8.00. The summed E-state index contributed by atoms with van der Waals surface area (Å²) in [7, 11) is 1.39. The summed E-state index contributed by atoms with van der Waals surface area (Å²) >= 11 is 7.48. The van der Waals surface area contributed by atoms with Gasteiger partial charge in [-0.25, -0.2) is 0 Å². The van der Waals surface area contributed by atoms with Gasteiger partial charge in [-0.15, -0.1) is 11.8 Å². The maximum atomic E-state index is 11.4. The SMILES string of the molecule is COC(=O)CSC(c1ccccc1)c1ccc(Cl)c(N)c1. The van der Waals surface area contributed by atoms with E-state index in [2.05, 4.69) is 0 Å². The quantitative estimate of drug-likeness (QED) is 0.670. The number of nitrogen functional groups attached to an aromatic ring is 1. The number of hydrogen-bond donors (Lipinski definition) is 1. The lowest BCUT2D eigenvalue weighted by atomic mass is 10.0. The molecule has 1 atom stereocenters. The number of methoxy groups -OCH3 is 1. The van der Waals surface area contributed by atoms with Crippen LogP contribution in [0.25, 0.3) is 0 Å². The molecule has 3 nitrogen and oxygen atoms in total. The number of rotatable bonds is 5. The topological polar surface area (TPSA) is 52.3 Å². The average molecular weight is 322 g/mol. The number of carbonyl (C=O) groups excluding carboxylic acids is 1. The Labute approximate surface area is 133 Å². The summed E-state index contributed by atoms with van der Waals surface area (Å²) in [5.41, 5.74) is 8.54. The Morgan fingerprint density at radius 1 is 1.24 bits per heavy atom.